The van der Waals surface area contributed by atoms with Gasteiger partial charge in [0.2, 0.25) is 0 Å². The Hall–Kier alpha value is -3.44. The molecule has 0 fully saturated rings. The lowest BCUT2D eigenvalue weighted by Crippen LogP contribution is -2.03. The van der Waals surface area contributed by atoms with E-state index in [0.29, 0.717) is 12.2 Å². The van der Waals surface area contributed by atoms with Crippen molar-refractivity contribution < 1.29 is 9.53 Å². The summed E-state index contributed by atoms with van der Waals surface area (Å²) in [5, 5.41) is 3.36. The van der Waals surface area contributed by atoms with Gasteiger partial charge in [-0.3, -0.25) is 4.57 Å². The van der Waals surface area contributed by atoms with Gasteiger partial charge in [0.15, 0.2) is 5.13 Å². The van der Waals surface area contributed by atoms with E-state index in [1.165, 1.54) is 10.8 Å². The lowest BCUT2D eigenvalue weighted by atomic mass is 10.1. The maximum absolute atomic E-state index is 11.9. The minimum atomic E-state index is -0.297. The van der Waals surface area contributed by atoms with Gasteiger partial charge in [-0.2, -0.15) is 0 Å². The van der Waals surface area contributed by atoms with Crippen molar-refractivity contribution >= 4 is 39.1 Å². The average molecular weight is 398 g/mol. The van der Waals surface area contributed by atoms with Crippen LogP contribution in [-0.4, -0.2) is 22.1 Å². The van der Waals surface area contributed by atoms with Crippen LogP contribution in [0.15, 0.2) is 79.0 Å². The number of hydrogen-bond donors (Lipinski definition) is 0. The molecule has 0 aliphatic heterocycles. The number of carbonyl (C=O) groups excluding carboxylic acids is 1. The number of para-hydroxylation sites is 2. The molecule has 0 radical (unpaired) electrons. The highest BCUT2D eigenvalue weighted by Crippen LogP contribution is 2.35. The van der Waals surface area contributed by atoms with Crippen molar-refractivity contribution in [1.29, 1.82) is 0 Å². The Kier molecular flexibility index (Phi) is 4.37. The van der Waals surface area contributed by atoms with E-state index in [9.17, 15) is 4.79 Å². The molecule has 5 rings (SSSR count). The van der Waals surface area contributed by atoms with E-state index in [1.807, 2.05) is 18.3 Å². The van der Waals surface area contributed by atoms with Gasteiger partial charge < -0.3 is 4.74 Å². The van der Waals surface area contributed by atoms with Crippen LogP contribution < -0.4 is 0 Å². The third kappa shape index (κ3) is 3.00. The fraction of sp³-hybridized carbons (Fsp3) is 0.0833. The number of aromatic nitrogens is 2. The molecular weight excluding hydrogens is 380 g/mol. The molecule has 5 aromatic rings. The molecule has 3 aromatic carbocycles. The van der Waals surface area contributed by atoms with Gasteiger partial charge in [-0.05, 0) is 36.8 Å². The van der Waals surface area contributed by atoms with E-state index in [4.69, 9.17) is 9.72 Å². The molecule has 0 spiro atoms. The predicted octanol–water partition coefficient (Wildman–Crippen LogP) is 6.08. The largest absolute Gasteiger partial charge is 0.462 e. The molecule has 0 aliphatic rings. The zero-order valence-electron chi connectivity index (χ0n) is 15.8. The first-order valence-electron chi connectivity index (χ1n) is 9.48. The number of rotatable bonds is 4. The number of thiazole rings is 1. The molecule has 4 nitrogen and oxygen atoms in total. The van der Waals surface area contributed by atoms with Gasteiger partial charge in [0.1, 0.15) is 0 Å². The third-order valence-electron chi connectivity index (χ3n) is 4.95. The van der Waals surface area contributed by atoms with Crippen LogP contribution in [0.25, 0.3) is 37.4 Å². The Bertz CT molecular complexity index is 1280. The molecule has 142 valence electrons. The molecule has 5 heteroatoms. The first-order valence-corrected chi connectivity index (χ1v) is 10.3. The molecule has 0 atom stereocenters. The highest BCUT2D eigenvalue weighted by Gasteiger charge is 2.15. The van der Waals surface area contributed by atoms with E-state index >= 15 is 0 Å². The second-order valence-electron chi connectivity index (χ2n) is 6.67. The van der Waals surface area contributed by atoms with E-state index in [1.54, 1.807) is 30.4 Å². The summed E-state index contributed by atoms with van der Waals surface area (Å²) in [6.45, 7) is 2.18. The first kappa shape index (κ1) is 17.6. The van der Waals surface area contributed by atoms with Gasteiger partial charge in [0, 0.05) is 17.0 Å². The molecule has 2 heterocycles. The Morgan fingerprint density at radius 2 is 1.55 bits per heavy atom. The summed E-state index contributed by atoms with van der Waals surface area (Å²) in [6.07, 6.45) is 1.89. The van der Waals surface area contributed by atoms with Crippen molar-refractivity contribution in [3.05, 3.63) is 84.6 Å². The molecule has 0 bridgehead atoms. The fourth-order valence-electron chi connectivity index (χ4n) is 3.62. The minimum Gasteiger partial charge on any atom is -0.462 e. The van der Waals surface area contributed by atoms with Crippen LogP contribution in [0.3, 0.4) is 0 Å². The maximum atomic E-state index is 11.9. The number of carbonyl (C=O) groups is 1. The molecule has 0 saturated carbocycles. The van der Waals surface area contributed by atoms with Crippen molar-refractivity contribution in [3.8, 4) is 15.6 Å². The quantitative estimate of drug-likeness (QED) is 0.344. The molecule has 0 saturated heterocycles. The summed E-state index contributed by atoms with van der Waals surface area (Å²) in [7, 11) is 0. The fourth-order valence-corrected chi connectivity index (χ4v) is 4.56. The predicted molar refractivity (Wildman–Crippen MR) is 118 cm³/mol. The zero-order valence-corrected chi connectivity index (χ0v) is 16.6. The highest BCUT2D eigenvalue weighted by molar-refractivity contribution is 7.17. The van der Waals surface area contributed by atoms with Gasteiger partial charge in [0.05, 0.1) is 28.1 Å². The Morgan fingerprint density at radius 3 is 2.17 bits per heavy atom. The summed E-state index contributed by atoms with van der Waals surface area (Å²) in [4.78, 5) is 17.6. The maximum Gasteiger partial charge on any atom is 0.338 e. The van der Waals surface area contributed by atoms with E-state index in [0.717, 1.165) is 26.6 Å². The van der Waals surface area contributed by atoms with Crippen molar-refractivity contribution in [2.75, 3.05) is 6.61 Å². The smallest absolute Gasteiger partial charge is 0.338 e. The van der Waals surface area contributed by atoms with Crippen LogP contribution in [0.5, 0.6) is 0 Å². The number of nitrogens with zero attached hydrogens (tertiary/aromatic N) is 2. The normalized spacial score (nSPS) is 11.2. The topological polar surface area (TPSA) is 44.1 Å². The average Bonchev–Trinajstić information content (AvgIpc) is 3.37. The van der Waals surface area contributed by atoms with Gasteiger partial charge in [-0.25, -0.2) is 9.78 Å². The monoisotopic (exact) mass is 398 g/mol. The van der Waals surface area contributed by atoms with Crippen molar-refractivity contribution in [3.63, 3.8) is 0 Å². The number of benzene rings is 3. The minimum absolute atomic E-state index is 0.297. The SMILES string of the molecule is CCOC(=O)c1ccc(-c2cnc(-n3c4ccccc4c4ccccc43)s2)cc1. The van der Waals surface area contributed by atoms with Crippen molar-refractivity contribution in [2.24, 2.45) is 0 Å². The van der Waals surface area contributed by atoms with Crippen LogP contribution in [0.2, 0.25) is 0 Å². The molecule has 29 heavy (non-hydrogen) atoms. The molecular formula is C24H18N2O2S. The van der Waals surface area contributed by atoms with E-state index in [-0.39, 0.29) is 5.97 Å². The molecule has 0 aliphatic carbocycles. The number of ether oxygens (including phenoxy) is 1. The standard InChI is InChI=1S/C24H18N2O2S/c1-2-28-23(27)17-13-11-16(12-14-17)22-15-25-24(29-22)26-20-9-5-3-7-18(20)19-8-4-6-10-21(19)26/h3-15H,2H2,1H3. The lowest BCUT2D eigenvalue weighted by Gasteiger charge is -2.03. The van der Waals surface area contributed by atoms with Crippen molar-refractivity contribution in [2.45, 2.75) is 6.92 Å². The zero-order chi connectivity index (χ0) is 19.8. The molecule has 0 unspecified atom stereocenters. The Labute approximate surface area is 172 Å². The third-order valence-corrected chi connectivity index (χ3v) is 5.98. The van der Waals surface area contributed by atoms with Crippen molar-refractivity contribution in [1.82, 2.24) is 9.55 Å². The number of fused-ring (bicyclic) bond motifs is 3. The number of esters is 1. The Balaban J connectivity index is 1.58. The van der Waals surface area contributed by atoms with Crippen LogP contribution >= 0.6 is 11.3 Å². The molecule has 2 aromatic heterocycles. The van der Waals surface area contributed by atoms with Gasteiger partial charge in [0.25, 0.3) is 0 Å². The van der Waals surface area contributed by atoms with Crippen LogP contribution in [0.4, 0.5) is 0 Å². The molecule has 0 N–H and O–H groups in total. The van der Waals surface area contributed by atoms with E-state index < -0.39 is 0 Å². The highest BCUT2D eigenvalue weighted by atomic mass is 32.1. The second-order valence-corrected chi connectivity index (χ2v) is 7.68. The number of hydrogen-bond acceptors (Lipinski definition) is 4. The van der Waals surface area contributed by atoms with E-state index in [2.05, 4.69) is 53.1 Å². The lowest BCUT2D eigenvalue weighted by molar-refractivity contribution is 0.0526. The van der Waals surface area contributed by atoms with Gasteiger partial charge in [-0.15, -0.1) is 0 Å². The second kappa shape index (κ2) is 7.18. The summed E-state index contributed by atoms with van der Waals surface area (Å²) >= 11 is 1.63. The summed E-state index contributed by atoms with van der Waals surface area (Å²) in [5.74, 6) is -0.297. The molecule has 0 amide bonds. The van der Waals surface area contributed by atoms with Crippen LogP contribution in [0.1, 0.15) is 17.3 Å². The van der Waals surface area contributed by atoms with Crippen LogP contribution in [-0.2, 0) is 4.74 Å². The van der Waals surface area contributed by atoms with Crippen LogP contribution in [0, 0.1) is 0 Å². The summed E-state index contributed by atoms with van der Waals surface area (Å²) in [6, 6.07) is 24.3. The first-order chi connectivity index (χ1) is 14.3. The van der Waals surface area contributed by atoms with Gasteiger partial charge >= 0.3 is 5.97 Å². The van der Waals surface area contributed by atoms with Gasteiger partial charge in [-0.1, -0.05) is 59.9 Å². The Morgan fingerprint density at radius 1 is 0.931 bits per heavy atom. The summed E-state index contributed by atoms with van der Waals surface area (Å²) in [5.41, 5.74) is 3.88. The summed E-state index contributed by atoms with van der Waals surface area (Å²) < 4.78 is 7.27.